The molecule has 0 bridgehead atoms. The maximum atomic E-state index is 11.6. The van der Waals surface area contributed by atoms with Crippen LogP contribution in [-0.4, -0.2) is 32.6 Å². The second-order valence-corrected chi connectivity index (χ2v) is 14.8. The Labute approximate surface area is 203 Å². The Hall–Kier alpha value is -0.380. The lowest BCUT2D eigenvalue weighted by atomic mass is 9.35. The van der Waals surface area contributed by atoms with Crippen molar-refractivity contribution in [2.75, 3.05) is 0 Å². The number of aliphatic hydroxyl groups excluding tert-OH is 1. The van der Waals surface area contributed by atoms with Gasteiger partial charge in [0.1, 0.15) is 0 Å². The monoisotopic (exact) mass is 460 g/mol. The number of fused-ring (bicyclic) bond motifs is 5. The third-order valence-corrected chi connectivity index (χ3v) is 12.2. The summed E-state index contributed by atoms with van der Waals surface area (Å²) in [6, 6.07) is 0. The lowest BCUT2D eigenvalue weighted by Gasteiger charge is -2.70. The molecule has 4 saturated carbocycles. The molecule has 0 aromatic rings. The van der Waals surface area contributed by atoms with E-state index in [1.807, 2.05) is 19.1 Å². The van der Waals surface area contributed by atoms with Gasteiger partial charge in [0.25, 0.3) is 0 Å². The molecule has 0 aromatic heterocycles. The number of hydrogen-bond donors (Lipinski definition) is 3. The molecular weight excluding hydrogens is 408 g/mol. The molecule has 0 aromatic carbocycles. The Morgan fingerprint density at radius 2 is 1.42 bits per heavy atom. The highest BCUT2D eigenvalue weighted by Crippen LogP contribution is 2.75. The van der Waals surface area contributed by atoms with Crippen molar-refractivity contribution in [1.29, 1.82) is 0 Å². The molecule has 0 heterocycles. The molecule has 4 aliphatic rings. The van der Waals surface area contributed by atoms with E-state index >= 15 is 0 Å². The fraction of sp³-hybridized carbons (Fsp3) is 0.933. The minimum atomic E-state index is -0.832. The Morgan fingerprint density at radius 1 is 0.788 bits per heavy atom. The van der Waals surface area contributed by atoms with Crippen molar-refractivity contribution in [1.82, 2.24) is 0 Å². The molecule has 33 heavy (non-hydrogen) atoms. The van der Waals surface area contributed by atoms with E-state index in [0.29, 0.717) is 40.9 Å². The van der Waals surface area contributed by atoms with Crippen molar-refractivity contribution in [3.8, 4) is 0 Å². The van der Waals surface area contributed by atoms with Crippen LogP contribution in [0.5, 0.6) is 0 Å². The Morgan fingerprint density at radius 3 is 2.06 bits per heavy atom. The molecule has 0 amide bonds. The van der Waals surface area contributed by atoms with Gasteiger partial charge >= 0.3 is 0 Å². The normalized spacial score (nSPS) is 49.2. The zero-order valence-electron chi connectivity index (χ0n) is 22.7. The van der Waals surface area contributed by atoms with Crippen LogP contribution in [0.1, 0.15) is 113 Å². The fourth-order valence-corrected chi connectivity index (χ4v) is 10.2. The highest BCUT2D eigenvalue weighted by Gasteiger charge is 2.69. The first-order valence-electron chi connectivity index (χ1n) is 13.8. The molecule has 4 fully saturated rings. The minimum absolute atomic E-state index is 0.000777. The summed E-state index contributed by atoms with van der Waals surface area (Å²) < 4.78 is 0. The first kappa shape index (κ1) is 25.7. The van der Waals surface area contributed by atoms with Crippen LogP contribution in [0.4, 0.5) is 0 Å². The van der Waals surface area contributed by atoms with Gasteiger partial charge in [-0.25, -0.2) is 0 Å². The highest BCUT2D eigenvalue weighted by molar-refractivity contribution is 5.18. The topological polar surface area (TPSA) is 60.7 Å². The van der Waals surface area contributed by atoms with Crippen molar-refractivity contribution < 1.29 is 15.3 Å². The van der Waals surface area contributed by atoms with Gasteiger partial charge in [-0.05, 0) is 124 Å². The van der Waals surface area contributed by atoms with Gasteiger partial charge in [0.05, 0.1) is 17.3 Å². The smallest absolute Gasteiger partial charge is 0.0771 e. The minimum Gasteiger partial charge on any atom is -0.393 e. The Balaban J connectivity index is 1.61. The van der Waals surface area contributed by atoms with Gasteiger partial charge in [0.2, 0.25) is 0 Å². The molecule has 0 radical (unpaired) electrons. The first-order chi connectivity index (χ1) is 15.0. The van der Waals surface area contributed by atoms with Crippen molar-refractivity contribution >= 4 is 0 Å². The lowest BCUT2D eigenvalue weighted by molar-refractivity contribution is -0.224. The molecule has 0 aliphatic heterocycles. The summed E-state index contributed by atoms with van der Waals surface area (Å²) in [7, 11) is 0. The Kier molecular flexibility index (Phi) is 6.08. The highest BCUT2D eigenvalue weighted by atomic mass is 16.3. The summed E-state index contributed by atoms with van der Waals surface area (Å²) >= 11 is 0. The molecule has 3 N–H and O–H groups in total. The number of rotatable bonds is 4. The Bertz CT molecular complexity index is 776. The average molecular weight is 461 g/mol. The third kappa shape index (κ3) is 3.78. The van der Waals surface area contributed by atoms with Crippen molar-refractivity contribution in [3.63, 3.8) is 0 Å². The summed E-state index contributed by atoms with van der Waals surface area (Å²) in [5, 5.41) is 32.5. The van der Waals surface area contributed by atoms with E-state index in [0.717, 1.165) is 19.3 Å². The van der Waals surface area contributed by atoms with E-state index < -0.39 is 11.2 Å². The van der Waals surface area contributed by atoms with Crippen LogP contribution in [0.25, 0.3) is 0 Å². The van der Waals surface area contributed by atoms with E-state index in [2.05, 4.69) is 34.6 Å². The van der Waals surface area contributed by atoms with E-state index in [4.69, 9.17) is 0 Å². The molecule has 9 atom stereocenters. The molecule has 4 rings (SSSR count). The largest absolute Gasteiger partial charge is 0.393 e. The molecule has 0 saturated heterocycles. The summed E-state index contributed by atoms with van der Waals surface area (Å²) in [4.78, 5) is 0. The number of hydrogen-bond acceptors (Lipinski definition) is 3. The second kappa shape index (κ2) is 7.81. The number of aliphatic hydroxyl groups is 3. The summed E-state index contributed by atoms with van der Waals surface area (Å²) in [6.45, 7) is 18.0. The van der Waals surface area contributed by atoms with Crippen LogP contribution in [0.15, 0.2) is 12.2 Å². The van der Waals surface area contributed by atoms with E-state index in [1.54, 1.807) is 13.8 Å². The second-order valence-electron chi connectivity index (χ2n) is 14.8. The van der Waals surface area contributed by atoms with Crippen LogP contribution in [0, 0.1) is 45.3 Å². The van der Waals surface area contributed by atoms with Crippen molar-refractivity contribution in [3.05, 3.63) is 12.2 Å². The predicted molar refractivity (Wildman–Crippen MR) is 136 cm³/mol. The average Bonchev–Trinajstić information content (AvgIpc) is 3.03. The van der Waals surface area contributed by atoms with Gasteiger partial charge in [-0.1, -0.05) is 46.8 Å². The van der Waals surface area contributed by atoms with Gasteiger partial charge in [-0.3, -0.25) is 0 Å². The van der Waals surface area contributed by atoms with Crippen LogP contribution >= 0.6 is 0 Å². The maximum absolute atomic E-state index is 11.6. The molecule has 0 spiro atoms. The van der Waals surface area contributed by atoms with E-state index in [1.165, 1.54) is 32.1 Å². The predicted octanol–water partition coefficient (Wildman–Crippen LogP) is 6.50. The van der Waals surface area contributed by atoms with Crippen LogP contribution in [-0.2, 0) is 0 Å². The SMILES string of the molecule is CC(C)(O)/C=C/C[C@](C)(O)[C@H]1CC[C@]2(C)[C@@H]1CC[C@@H]1[C@@]3(C)CC[C@H](O)C(C)(C)[C@@H]3CC[C@]12C. The summed E-state index contributed by atoms with van der Waals surface area (Å²) in [6.07, 6.45) is 13.7. The van der Waals surface area contributed by atoms with E-state index in [-0.39, 0.29) is 16.9 Å². The summed E-state index contributed by atoms with van der Waals surface area (Å²) in [5.41, 5.74) is -0.695. The van der Waals surface area contributed by atoms with E-state index in [9.17, 15) is 15.3 Å². The fourth-order valence-electron chi connectivity index (χ4n) is 10.2. The summed E-state index contributed by atoms with van der Waals surface area (Å²) in [5.74, 6) is 2.18. The van der Waals surface area contributed by atoms with Gasteiger partial charge in [-0.2, -0.15) is 0 Å². The molecule has 3 heteroatoms. The van der Waals surface area contributed by atoms with Crippen molar-refractivity contribution in [2.45, 2.75) is 130 Å². The maximum Gasteiger partial charge on any atom is 0.0771 e. The molecule has 0 unspecified atom stereocenters. The first-order valence-corrected chi connectivity index (χ1v) is 13.8. The zero-order chi connectivity index (χ0) is 24.7. The molecule has 4 aliphatic carbocycles. The van der Waals surface area contributed by atoms with Crippen LogP contribution in [0.2, 0.25) is 0 Å². The molecule has 3 nitrogen and oxygen atoms in total. The van der Waals surface area contributed by atoms with Gasteiger partial charge in [0, 0.05) is 0 Å². The van der Waals surface area contributed by atoms with Crippen molar-refractivity contribution in [2.24, 2.45) is 45.3 Å². The van der Waals surface area contributed by atoms with Crippen LogP contribution in [0.3, 0.4) is 0 Å². The molecular formula is C30H52O3. The lowest BCUT2D eigenvalue weighted by Crippen LogP contribution is -2.64. The van der Waals surface area contributed by atoms with Gasteiger partial charge in [0.15, 0.2) is 0 Å². The van der Waals surface area contributed by atoms with Gasteiger partial charge < -0.3 is 15.3 Å². The standard InChI is InChI=1S/C30H52O3/c1-25(2,32)15-9-16-30(8,33)21-12-18-28(6)20(21)10-11-23-27(5)17-14-24(31)26(3,4)22(27)13-19-29(23,28)7/h9,15,20-24,31-33H,10-14,16-19H2,1-8H3/b15-9+/t20-,21+,22+,23-,24+,27+,28-,29-,30+/m1/s1. The van der Waals surface area contributed by atoms with Crippen LogP contribution < -0.4 is 0 Å². The van der Waals surface area contributed by atoms with Gasteiger partial charge in [-0.15, -0.1) is 0 Å². The zero-order valence-corrected chi connectivity index (χ0v) is 22.7. The quantitative estimate of drug-likeness (QED) is 0.420. The molecule has 190 valence electrons. The third-order valence-electron chi connectivity index (χ3n) is 12.2.